The van der Waals surface area contributed by atoms with E-state index in [9.17, 15) is 4.79 Å². The molecule has 2 heterocycles. The number of pyridine rings is 1. The number of ether oxygens (including phenoxy) is 1. The lowest BCUT2D eigenvalue weighted by Crippen LogP contribution is -2.15. The Balaban J connectivity index is 1.69. The molecule has 0 radical (unpaired) electrons. The molecule has 0 spiro atoms. The summed E-state index contributed by atoms with van der Waals surface area (Å²) in [6, 6.07) is 14.4. The van der Waals surface area contributed by atoms with Gasteiger partial charge in [-0.3, -0.25) is 4.79 Å². The minimum absolute atomic E-state index is 0.0198. The lowest BCUT2D eigenvalue weighted by atomic mass is 10.2. The van der Waals surface area contributed by atoms with E-state index in [1.54, 1.807) is 24.6 Å². The minimum atomic E-state index is -0.228. The molecule has 0 aliphatic heterocycles. The molecule has 0 saturated carbocycles. The molecule has 0 atom stereocenters. The van der Waals surface area contributed by atoms with E-state index in [1.807, 2.05) is 50.2 Å². The van der Waals surface area contributed by atoms with Crippen molar-refractivity contribution >= 4 is 17.4 Å². The molecule has 0 fully saturated rings. The first-order chi connectivity index (χ1) is 12.6. The Hall–Kier alpha value is -3.28. The summed E-state index contributed by atoms with van der Waals surface area (Å²) >= 11 is 0. The summed E-state index contributed by atoms with van der Waals surface area (Å²) in [7, 11) is 0. The molecular weight excluding hydrogens is 330 g/mol. The Morgan fingerprint density at radius 3 is 2.81 bits per heavy atom. The number of rotatable bonds is 7. The number of para-hydroxylation sites is 2. The molecule has 0 bridgehead atoms. The van der Waals surface area contributed by atoms with Crippen LogP contribution in [0.25, 0.3) is 0 Å². The molecule has 3 aromatic rings. The van der Waals surface area contributed by atoms with Gasteiger partial charge in [-0.25, -0.2) is 4.98 Å². The summed E-state index contributed by atoms with van der Waals surface area (Å²) in [5, 5.41) is 6.03. The van der Waals surface area contributed by atoms with Gasteiger partial charge in [0.25, 0.3) is 5.91 Å². The summed E-state index contributed by atoms with van der Waals surface area (Å²) in [5.41, 5.74) is 1.13. The highest BCUT2D eigenvalue weighted by Gasteiger charge is 2.11. The van der Waals surface area contributed by atoms with Crippen LogP contribution in [0.5, 0.6) is 5.75 Å². The van der Waals surface area contributed by atoms with Crippen LogP contribution in [0.1, 0.15) is 30.0 Å². The van der Waals surface area contributed by atoms with Gasteiger partial charge in [0.1, 0.15) is 17.3 Å². The van der Waals surface area contributed by atoms with Crippen molar-refractivity contribution in [3.05, 3.63) is 72.3 Å². The zero-order chi connectivity index (χ0) is 18.4. The fraction of sp³-hybridized carbons (Fsp3) is 0.200. The van der Waals surface area contributed by atoms with Crippen LogP contribution in [0.3, 0.4) is 0 Å². The lowest BCUT2D eigenvalue weighted by molar-refractivity contribution is 0.102. The molecule has 0 aliphatic carbocycles. The average Bonchev–Trinajstić information content (AvgIpc) is 3.15. The number of nitrogens with one attached hydrogen (secondary N) is 2. The van der Waals surface area contributed by atoms with Crippen LogP contribution in [-0.4, -0.2) is 17.0 Å². The van der Waals surface area contributed by atoms with Gasteiger partial charge in [0.15, 0.2) is 0 Å². The van der Waals surface area contributed by atoms with Crippen molar-refractivity contribution in [2.24, 2.45) is 0 Å². The third-order valence-corrected chi connectivity index (χ3v) is 3.54. The van der Waals surface area contributed by atoms with Crippen molar-refractivity contribution in [2.45, 2.75) is 26.5 Å². The Labute approximate surface area is 152 Å². The Kier molecular flexibility index (Phi) is 5.53. The van der Waals surface area contributed by atoms with Gasteiger partial charge >= 0.3 is 0 Å². The van der Waals surface area contributed by atoms with Crippen LogP contribution >= 0.6 is 0 Å². The summed E-state index contributed by atoms with van der Waals surface area (Å²) in [4.78, 5) is 16.8. The summed E-state index contributed by atoms with van der Waals surface area (Å²) in [6.07, 6.45) is 3.23. The molecule has 0 unspecified atom stereocenters. The van der Waals surface area contributed by atoms with Crippen LogP contribution in [0.15, 0.2) is 65.4 Å². The molecule has 0 aliphatic rings. The molecule has 2 aromatic heterocycles. The number of hydrogen-bond donors (Lipinski definition) is 2. The highest BCUT2D eigenvalue weighted by molar-refractivity contribution is 6.05. The Morgan fingerprint density at radius 2 is 2.04 bits per heavy atom. The van der Waals surface area contributed by atoms with E-state index in [-0.39, 0.29) is 12.0 Å². The average molecular weight is 351 g/mol. The normalized spacial score (nSPS) is 10.6. The molecule has 3 rings (SSSR count). The van der Waals surface area contributed by atoms with Crippen LogP contribution in [-0.2, 0) is 6.54 Å². The molecule has 26 heavy (non-hydrogen) atoms. The standard InChI is InChI=1S/C20H21N3O3/c1-14(2)26-18-8-4-3-7-17(18)23-20(24)15-9-10-21-19(12-15)22-13-16-6-5-11-25-16/h3-12,14H,13H2,1-2H3,(H,21,22)(H,23,24). The van der Waals surface area contributed by atoms with Gasteiger partial charge < -0.3 is 19.8 Å². The molecule has 6 nitrogen and oxygen atoms in total. The Bertz CT molecular complexity index is 860. The fourth-order valence-electron chi connectivity index (χ4n) is 2.38. The predicted molar refractivity (Wildman–Crippen MR) is 100 cm³/mol. The van der Waals surface area contributed by atoms with Gasteiger partial charge in [0.05, 0.1) is 24.6 Å². The van der Waals surface area contributed by atoms with Gasteiger partial charge in [-0.15, -0.1) is 0 Å². The van der Waals surface area contributed by atoms with Gasteiger partial charge in [-0.1, -0.05) is 12.1 Å². The van der Waals surface area contributed by atoms with Gasteiger partial charge in [-0.05, 0) is 50.2 Å². The number of aromatic nitrogens is 1. The van der Waals surface area contributed by atoms with Crippen molar-refractivity contribution < 1.29 is 13.9 Å². The number of amides is 1. The third-order valence-electron chi connectivity index (χ3n) is 3.54. The van der Waals surface area contributed by atoms with E-state index in [4.69, 9.17) is 9.15 Å². The SMILES string of the molecule is CC(C)Oc1ccccc1NC(=O)c1ccnc(NCc2ccco2)c1. The second-order valence-corrected chi connectivity index (χ2v) is 5.98. The summed E-state index contributed by atoms with van der Waals surface area (Å²) in [5.74, 6) is 1.80. The summed E-state index contributed by atoms with van der Waals surface area (Å²) < 4.78 is 11.0. The van der Waals surface area contributed by atoms with Gasteiger partial charge in [0, 0.05) is 11.8 Å². The topological polar surface area (TPSA) is 76.4 Å². The zero-order valence-electron chi connectivity index (χ0n) is 14.7. The van der Waals surface area contributed by atoms with E-state index in [2.05, 4.69) is 15.6 Å². The van der Waals surface area contributed by atoms with Crippen molar-refractivity contribution in [2.75, 3.05) is 10.6 Å². The minimum Gasteiger partial charge on any atom is -0.489 e. The number of nitrogens with zero attached hydrogens (tertiary/aromatic N) is 1. The van der Waals surface area contributed by atoms with E-state index >= 15 is 0 Å². The molecule has 1 amide bonds. The highest BCUT2D eigenvalue weighted by atomic mass is 16.5. The molecule has 2 N–H and O–H groups in total. The maximum Gasteiger partial charge on any atom is 0.255 e. The second-order valence-electron chi connectivity index (χ2n) is 5.98. The predicted octanol–water partition coefficient (Wildman–Crippen LogP) is 4.33. The van der Waals surface area contributed by atoms with Crippen LogP contribution < -0.4 is 15.4 Å². The van der Waals surface area contributed by atoms with Crippen molar-refractivity contribution in [3.8, 4) is 5.75 Å². The zero-order valence-corrected chi connectivity index (χ0v) is 14.7. The maximum absolute atomic E-state index is 12.6. The van der Waals surface area contributed by atoms with Crippen molar-refractivity contribution in [1.82, 2.24) is 4.98 Å². The Morgan fingerprint density at radius 1 is 1.19 bits per heavy atom. The quantitative estimate of drug-likeness (QED) is 0.663. The number of carbonyl (C=O) groups is 1. The largest absolute Gasteiger partial charge is 0.489 e. The monoisotopic (exact) mass is 351 g/mol. The van der Waals surface area contributed by atoms with Crippen molar-refractivity contribution in [3.63, 3.8) is 0 Å². The fourth-order valence-corrected chi connectivity index (χ4v) is 2.38. The number of furan rings is 1. The maximum atomic E-state index is 12.6. The van der Waals surface area contributed by atoms with Crippen LogP contribution in [0, 0.1) is 0 Å². The second kappa shape index (κ2) is 8.20. The molecule has 0 saturated heterocycles. The third kappa shape index (κ3) is 4.63. The van der Waals surface area contributed by atoms with Gasteiger partial charge in [-0.2, -0.15) is 0 Å². The van der Waals surface area contributed by atoms with E-state index in [1.165, 1.54) is 0 Å². The molecule has 1 aromatic carbocycles. The lowest BCUT2D eigenvalue weighted by Gasteiger charge is -2.15. The first-order valence-corrected chi connectivity index (χ1v) is 8.41. The number of benzene rings is 1. The number of hydrogen-bond acceptors (Lipinski definition) is 5. The van der Waals surface area contributed by atoms with Gasteiger partial charge in [0.2, 0.25) is 0 Å². The molecule has 134 valence electrons. The van der Waals surface area contributed by atoms with Crippen LogP contribution in [0.2, 0.25) is 0 Å². The first kappa shape index (κ1) is 17.5. The van der Waals surface area contributed by atoms with E-state index < -0.39 is 0 Å². The highest BCUT2D eigenvalue weighted by Crippen LogP contribution is 2.25. The molecular formula is C20H21N3O3. The van der Waals surface area contributed by atoms with Crippen molar-refractivity contribution in [1.29, 1.82) is 0 Å². The van der Waals surface area contributed by atoms with Crippen LogP contribution in [0.4, 0.5) is 11.5 Å². The number of carbonyl (C=O) groups excluding carboxylic acids is 1. The molecule has 6 heteroatoms. The number of anilines is 2. The summed E-state index contributed by atoms with van der Waals surface area (Å²) in [6.45, 7) is 4.38. The van der Waals surface area contributed by atoms with E-state index in [0.29, 0.717) is 29.4 Å². The van der Waals surface area contributed by atoms with E-state index in [0.717, 1.165) is 5.76 Å². The first-order valence-electron chi connectivity index (χ1n) is 8.41. The smallest absolute Gasteiger partial charge is 0.255 e.